The quantitative estimate of drug-likeness (QED) is 0.801. The van der Waals surface area contributed by atoms with E-state index in [1.807, 2.05) is 41.8 Å². The van der Waals surface area contributed by atoms with Crippen molar-refractivity contribution in [2.24, 2.45) is 0 Å². The van der Waals surface area contributed by atoms with Gasteiger partial charge in [0.25, 0.3) is 0 Å². The summed E-state index contributed by atoms with van der Waals surface area (Å²) < 4.78 is 5.14. The number of ether oxygens (including phenoxy) is 1. The number of amides is 1. The van der Waals surface area contributed by atoms with Crippen molar-refractivity contribution in [2.45, 2.75) is 6.54 Å². The minimum Gasteiger partial charge on any atom is -0.410 e. The molecule has 5 nitrogen and oxygen atoms in total. The van der Waals surface area contributed by atoms with E-state index in [4.69, 9.17) is 4.74 Å². The Bertz CT molecular complexity index is 744. The predicted octanol–water partition coefficient (Wildman–Crippen LogP) is 3.49. The average Bonchev–Trinajstić information content (AvgIpc) is 3.04. The summed E-state index contributed by atoms with van der Waals surface area (Å²) in [6.07, 6.45) is 1.23. The van der Waals surface area contributed by atoms with Gasteiger partial charge in [0, 0.05) is 11.6 Å². The number of rotatable bonds is 4. The SMILES string of the molecule is O=C(NCc1nc(-c2ccccn2)cs1)Oc1ccccc1. The fraction of sp³-hybridized carbons (Fsp3) is 0.0625. The van der Waals surface area contributed by atoms with E-state index in [1.54, 1.807) is 18.3 Å². The first-order valence-corrected chi connectivity index (χ1v) is 7.56. The van der Waals surface area contributed by atoms with E-state index in [1.165, 1.54) is 11.3 Å². The van der Waals surface area contributed by atoms with Crippen LogP contribution in [0.25, 0.3) is 11.4 Å². The van der Waals surface area contributed by atoms with Gasteiger partial charge in [0.05, 0.1) is 17.9 Å². The van der Waals surface area contributed by atoms with Crippen molar-refractivity contribution in [2.75, 3.05) is 0 Å². The molecule has 22 heavy (non-hydrogen) atoms. The molecule has 0 aliphatic carbocycles. The van der Waals surface area contributed by atoms with Crippen LogP contribution >= 0.6 is 11.3 Å². The van der Waals surface area contributed by atoms with Crippen molar-refractivity contribution >= 4 is 17.4 Å². The largest absolute Gasteiger partial charge is 0.412 e. The monoisotopic (exact) mass is 311 g/mol. The lowest BCUT2D eigenvalue weighted by Gasteiger charge is -2.04. The third-order valence-electron chi connectivity index (χ3n) is 2.82. The number of nitrogens with one attached hydrogen (secondary N) is 1. The van der Waals surface area contributed by atoms with Crippen LogP contribution in [0.1, 0.15) is 5.01 Å². The summed E-state index contributed by atoms with van der Waals surface area (Å²) in [5.74, 6) is 0.508. The van der Waals surface area contributed by atoms with Gasteiger partial charge in [-0.05, 0) is 24.3 Å². The van der Waals surface area contributed by atoms with Gasteiger partial charge in [-0.25, -0.2) is 9.78 Å². The van der Waals surface area contributed by atoms with Crippen LogP contribution in [0.3, 0.4) is 0 Å². The maximum absolute atomic E-state index is 11.7. The van der Waals surface area contributed by atoms with Crippen LogP contribution in [0.2, 0.25) is 0 Å². The predicted molar refractivity (Wildman–Crippen MR) is 84.7 cm³/mol. The molecule has 3 aromatic rings. The summed E-state index contributed by atoms with van der Waals surface area (Å²) in [6, 6.07) is 14.6. The van der Waals surface area contributed by atoms with Gasteiger partial charge in [0.1, 0.15) is 10.8 Å². The third kappa shape index (κ3) is 3.67. The van der Waals surface area contributed by atoms with Crippen molar-refractivity contribution in [1.29, 1.82) is 0 Å². The Morgan fingerprint density at radius 3 is 2.68 bits per heavy atom. The zero-order valence-corrected chi connectivity index (χ0v) is 12.4. The highest BCUT2D eigenvalue weighted by Crippen LogP contribution is 2.19. The number of nitrogens with zero attached hydrogens (tertiary/aromatic N) is 2. The molecule has 1 amide bonds. The maximum Gasteiger partial charge on any atom is 0.412 e. The van der Waals surface area contributed by atoms with Gasteiger partial charge in [0.15, 0.2) is 0 Å². The highest BCUT2D eigenvalue weighted by molar-refractivity contribution is 7.09. The third-order valence-corrected chi connectivity index (χ3v) is 3.67. The number of carbonyl (C=O) groups excluding carboxylic acids is 1. The molecule has 1 aromatic carbocycles. The van der Waals surface area contributed by atoms with E-state index < -0.39 is 6.09 Å². The Morgan fingerprint density at radius 2 is 1.91 bits per heavy atom. The summed E-state index contributed by atoms with van der Waals surface area (Å²) in [5, 5.41) is 5.39. The first kappa shape index (κ1) is 14.2. The summed E-state index contributed by atoms with van der Waals surface area (Å²) in [7, 11) is 0. The molecule has 0 unspecified atom stereocenters. The summed E-state index contributed by atoms with van der Waals surface area (Å²) in [5.41, 5.74) is 1.62. The fourth-order valence-electron chi connectivity index (χ4n) is 1.80. The van der Waals surface area contributed by atoms with Crippen molar-refractivity contribution < 1.29 is 9.53 Å². The first-order valence-electron chi connectivity index (χ1n) is 6.68. The summed E-state index contributed by atoms with van der Waals surface area (Å²) in [6.45, 7) is 0.323. The Morgan fingerprint density at radius 1 is 1.09 bits per heavy atom. The molecule has 0 radical (unpaired) electrons. The molecule has 6 heteroatoms. The highest BCUT2D eigenvalue weighted by Gasteiger charge is 2.08. The molecule has 0 atom stereocenters. The number of pyridine rings is 1. The standard InChI is InChI=1S/C16H13N3O2S/c20-16(21-12-6-2-1-3-7-12)18-10-15-19-14(11-22-15)13-8-4-5-9-17-13/h1-9,11H,10H2,(H,18,20). The number of aromatic nitrogens is 2. The molecule has 3 rings (SSSR count). The second kappa shape index (κ2) is 6.82. The molecule has 0 bridgehead atoms. The Balaban J connectivity index is 1.56. The van der Waals surface area contributed by atoms with Gasteiger partial charge >= 0.3 is 6.09 Å². The molecule has 2 heterocycles. The lowest BCUT2D eigenvalue weighted by atomic mass is 10.3. The van der Waals surface area contributed by atoms with Crippen molar-refractivity contribution in [3.05, 3.63) is 65.1 Å². The van der Waals surface area contributed by atoms with Crippen LogP contribution in [0, 0.1) is 0 Å². The molecule has 110 valence electrons. The molecular weight excluding hydrogens is 298 g/mol. The van der Waals surface area contributed by atoms with Gasteiger partial charge in [-0.15, -0.1) is 11.3 Å². The van der Waals surface area contributed by atoms with Gasteiger partial charge in [-0.2, -0.15) is 0 Å². The Labute approximate surface area is 131 Å². The van der Waals surface area contributed by atoms with Crippen molar-refractivity contribution in [3.8, 4) is 17.1 Å². The number of hydrogen-bond acceptors (Lipinski definition) is 5. The Hall–Kier alpha value is -2.73. The molecule has 0 aliphatic heterocycles. The summed E-state index contributed by atoms with van der Waals surface area (Å²) in [4.78, 5) is 20.4. The van der Waals surface area contributed by atoms with E-state index in [-0.39, 0.29) is 0 Å². The smallest absolute Gasteiger partial charge is 0.410 e. The number of hydrogen-bond donors (Lipinski definition) is 1. The lowest BCUT2D eigenvalue weighted by Crippen LogP contribution is -2.26. The molecule has 0 saturated carbocycles. The van der Waals surface area contributed by atoms with Crippen LogP contribution in [0.15, 0.2) is 60.1 Å². The minimum atomic E-state index is -0.499. The zero-order chi connectivity index (χ0) is 15.2. The molecule has 0 spiro atoms. The molecule has 2 aromatic heterocycles. The van der Waals surface area contributed by atoms with E-state index in [9.17, 15) is 4.79 Å². The molecule has 0 fully saturated rings. The number of thiazole rings is 1. The second-order valence-electron chi connectivity index (χ2n) is 4.40. The van der Waals surface area contributed by atoms with Gasteiger partial charge in [-0.3, -0.25) is 4.98 Å². The lowest BCUT2D eigenvalue weighted by molar-refractivity contribution is 0.200. The van der Waals surface area contributed by atoms with Gasteiger partial charge in [0.2, 0.25) is 0 Å². The minimum absolute atomic E-state index is 0.323. The normalized spacial score (nSPS) is 10.2. The average molecular weight is 311 g/mol. The summed E-state index contributed by atoms with van der Waals surface area (Å²) >= 11 is 1.47. The fourth-order valence-corrected chi connectivity index (χ4v) is 2.53. The number of carbonyl (C=O) groups is 1. The Kier molecular flexibility index (Phi) is 4.41. The second-order valence-corrected chi connectivity index (χ2v) is 5.34. The van der Waals surface area contributed by atoms with Crippen LogP contribution in [0.5, 0.6) is 5.75 Å². The molecule has 0 saturated heterocycles. The van der Waals surface area contributed by atoms with Crippen molar-refractivity contribution in [3.63, 3.8) is 0 Å². The van der Waals surface area contributed by atoms with E-state index in [2.05, 4.69) is 15.3 Å². The number of benzene rings is 1. The topological polar surface area (TPSA) is 64.1 Å². The zero-order valence-electron chi connectivity index (χ0n) is 11.6. The maximum atomic E-state index is 11.7. The van der Waals surface area contributed by atoms with Crippen LogP contribution in [-0.2, 0) is 6.54 Å². The van der Waals surface area contributed by atoms with Crippen molar-refractivity contribution in [1.82, 2.24) is 15.3 Å². The number of para-hydroxylation sites is 1. The highest BCUT2D eigenvalue weighted by atomic mass is 32.1. The van der Waals surface area contributed by atoms with Gasteiger partial charge < -0.3 is 10.1 Å². The van der Waals surface area contributed by atoms with E-state index >= 15 is 0 Å². The van der Waals surface area contributed by atoms with E-state index in [0.717, 1.165) is 16.4 Å². The van der Waals surface area contributed by atoms with Gasteiger partial charge in [-0.1, -0.05) is 24.3 Å². The van der Waals surface area contributed by atoms with Crippen LogP contribution < -0.4 is 10.1 Å². The van der Waals surface area contributed by atoms with Crippen LogP contribution in [0.4, 0.5) is 4.79 Å². The van der Waals surface area contributed by atoms with E-state index in [0.29, 0.717) is 12.3 Å². The molecule has 1 N–H and O–H groups in total. The first-order chi connectivity index (χ1) is 10.8. The molecule has 0 aliphatic rings. The van der Waals surface area contributed by atoms with Crippen LogP contribution in [-0.4, -0.2) is 16.1 Å². The molecular formula is C16H13N3O2S.